The fraction of sp³-hybridized carbons (Fsp3) is 0.222. The summed E-state index contributed by atoms with van der Waals surface area (Å²) in [7, 11) is 3.12. The molecule has 0 saturated heterocycles. The molecular weight excluding hydrogens is 474 g/mol. The summed E-state index contributed by atoms with van der Waals surface area (Å²) in [5.41, 5.74) is 5.13. The van der Waals surface area contributed by atoms with Crippen molar-refractivity contribution in [3.05, 3.63) is 89.2 Å². The highest BCUT2D eigenvalue weighted by atomic mass is 32.2. The van der Waals surface area contributed by atoms with Crippen molar-refractivity contribution in [3.63, 3.8) is 0 Å². The van der Waals surface area contributed by atoms with Crippen molar-refractivity contribution in [2.75, 3.05) is 19.5 Å². The van der Waals surface area contributed by atoms with Crippen LogP contribution >= 0.6 is 11.8 Å². The summed E-state index contributed by atoms with van der Waals surface area (Å²) in [4.78, 5) is 12.7. The molecule has 36 heavy (non-hydrogen) atoms. The Bertz CT molecular complexity index is 1320. The molecule has 0 spiro atoms. The number of benzene rings is 3. The molecule has 4 rings (SSSR count). The number of aryl methyl sites for hydroxylation is 2. The van der Waals surface area contributed by atoms with Gasteiger partial charge in [0.15, 0.2) is 11.0 Å². The first kappa shape index (κ1) is 25.1. The van der Waals surface area contributed by atoms with Gasteiger partial charge in [0.1, 0.15) is 11.5 Å². The molecule has 4 aromatic rings. The lowest BCUT2D eigenvalue weighted by Crippen LogP contribution is -2.29. The largest absolute Gasteiger partial charge is 0.497 e. The van der Waals surface area contributed by atoms with Crippen molar-refractivity contribution in [2.45, 2.75) is 31.3 Å². The molecule has 0 radical (unpaired) electrons. The number of carbonyl (C=O) groups excluding carboxylic acids is 1. The minimum atomic E-state index is -0.377. The molecular formula is C27H29N5O3S. The Morgan fingerprint density at radius 1 is 0.944 bits per heavy atom. The highest BCUT2D eigenvalue weighted by Gasteiger charge is 2.16. The fourth-order valence-corrected chi connectivity index (χ4v) is 4.64. The molecule has 186 valence electrons. The molecule has 2 N–H and O–H groups in total. The minimum Gasteiger partial charge on any atom is -0.497 e. The molecule has 9 heteroatoms. The summed E-state index contributed by atoms with van der Waals surface area (Å²) in [6, 6.07) is 21.3. The summed E-state index contributed by atoms with van der Waals surface area (Å²) >= 11 is 1.61. The van der Waals surface area contributed by atoms with Crippen molar-refractivity contribution in [3.8, 4) is 17.2 Å². The summed E-state index contributed by atoms with van der Waals surface area (Å²) in [5, 5.41) is 15.3. The fourth-order valence-electron chi connectivity index (χ4n) is 3.59. The van der Waals surface area contributed by atoms with Crippen molar-refractivity contribution < 1.29 is 14.3 Å². The van der Waals surface area contributed by atoms with Crippen LogP contribution in [0.15, 0.2) is 71.9 Å². The number of urea groups is 1. The van der Waals surface area contributed by atoms with Gasteiger partial charge in [-0.25, -0.2) is 4.79 Å². The lowest BCUT2D eigenvalue weighted by Gasteiger charge is -2.13. The zero-order valence-electron chi connectivity index (χ0n) is 20.7. The third kappa shape index (κ3) is 6.17. The number of nitrogens with one attached hydrogen (secondary N) is 2. The van der Waals surface area contributed by atoms with Gasteiger partial charge >= 0.3 is 6.03 Å². The van der Waals surface area contributed by atoms with E-state index in [-0.39, 0.29) is 12.6 Å². The molecule has 0 fully saturated rings. The van der Waals surface area contributed by atoms with E-state index in [1.807, 2.05) is 47.9 Å². The van der Waals surface area contributed by atoms with Gasteiger partial charge in [0, 0.05) is 35.3 Å². The Morgan fingerprint density at radius 3 is 2.31 bits per heavy atom. The van der Waals surface area contributed by atoms with Crippen LogP contribution in [-0.2, 0) is 12.3 Å². The van der Waals surface area contributed by atoms with Crippen LogP contribution in [0.1, 0.15) is 22.5 Å². The van der Waals surface area contributed by atoms with Crippen LogP contribution in [0.3, 0.4) is 0 Å². The molecule has 8 nitrogen and oxygen atoms in total. The Labute approximate surface area is 215 Å². The van der Waals surface area contributed by atoms with Gasteiger partial charge in [-0.2, -0.15) is 0 Å². The van der Waals surface area contributed by atoms with Crippen molar-refractivity contribution in [1.82, 2.24) is 20.1 Å². The summed E-state index contributed by atoms with van der Waals surface area (Å²) in [6.07, 6.45) is 0. The number of carbonyl (C=O) groups is 1. The molecule has 0 aliphatic carbocycles. The molecule has 0 saturated carbocycles. The summed E-state index contributed by atoms with van der Waals surface area (Å²) < 4.78 is 12.5. The highest BCUT2D eigenvalue weighted by Crippen LogP contribution is 2.27. The monoisotopic (exact) mass is 503 g/mol. The molecule has 0 aliphatic heterocycles. The van der Waals surface area contributed by atoms with Crippen LogP contribution in [0, 0.1) is 13.8 Å². The normalized spacial score (nSPS) is 10.7. The summed E-state index contributed by atoms with van der Waals surface area (Å²) in [6.45, 7) is 4.34. The third-order valence-electron chi connectivity index (χ3n) is 5.63. The van der Waals surface area contributed by atoms with E-state index < -0.39 is 0 Å². The van der Waals surface area contributed by atoms with E-state index in [9.17, 15) is 4.79 Å². The van der Waals surface area contributed by atoms with Crippen LogP contribution < -0.4 is 20.1 Å². The first-order chi connectivity index (χ1) is 17.5. The standard InChI is InChI=1S/C27H29N5O3S/c1-18-9-11-22(12-10-18)32-25(30-31-27(32)36-17-20-8-6-5-7-19(20)2)16-28-26(33)29-21-13-23(34-3)15-24(14-21)35-4/h5-15H,16-17H2,1-4H3,(H2,28,29,33). The van der Waals surface area contributed by atoms with E-state index in [1.54, 1.807) is 44.2 Å². The Morgan fingerprint density at radius 2 is 1.64 bits per heavy atom. The predicted octanol–water partition coefficient (Wildman–Crippen LogP) is 5.52. The van der Waals surface area contributed by atoms with Crippen molar-refractivity contribution in [1.29, 1.82) is 0 Å². The van der Waals surface area contributed by atoms with Crippen LogP contribution in [0.4, 0.5) is 10.5 Å². The van der Waals surface area contributed by atoms with E-state index in [4.69, 9.17) is 9.47 Å². The number of thioether (sulfide) groups is 1. The number of hydrogen-bond acceptors (Lipinski definition) is 6. The molecule has 1 aromatic heterocycles. The molecule has 2 amide bonds. The van der Waals surface area contributed by atoms with E-state index in [1.165, 1.54) is 11.1 Å². The molecule has 3 aromatic carbocycles. The molecule has 0 bridgehead atoms. The lowest BCUT2D eigenvalue weighted by atomic mass is 10.1. The topological polar surface area (TPSA) is 90.3 Å². The Kier molecular flexibility index (Phi) is 8.12. The van der Waals surface area contributed by atoms with Gasteiger partial charge < -0.3 is 20.1 Å². The van der Waals surface area contributed by atoms with Gasteiger partial charge in [-0.05, 0) is 37.1 Å². The average Bonchev–Trinajstić information content (AvgIpc) is 3.30. The van der Waals surface area contributed by atoms with E-state index in [2.05, 4.69) is 39.9 Å². The number of ether oxygens (including phenoxy) is 2. The predicted molar refractivity (Wildman–Crippen MR) is 142 cm³/mol. The number of methoxy groups -OCH3 is 2. The molecule has 0 unspecified atom stereocenters. The summed E-state index contributed by atoms with van der Waals surface area (Å²) in [5.74, 6) is 2.56. The van der Waals surface area contributed by atoms with Crippen LogP contribution in [-0.4, -0.2) is 35.0 Å². The van der Waals surface area contributed by atoms with E-state index in [0.717, 1.165) is 22.2 Å². The van der Waals surface area contributed by atoms with Crippen LogP contribution in [0.2, 0.25) is 0 Å². The maximum absolute atomic E-state index is 12.7. The number of anilines is 1. The van der Waals surface area contributed by atoms with Gasteiger partial charge in [-0.1, -0.05) is 53.7 Å². The van der Waals surface area contributed by atoms with E-state index in [0.29, 0.717) is 23.0 Å². The molecule has 0 aliphatic rings. The zero-order valence-corrected chi connectivity index (χ0v) is 21.6. The molecule has 1 heterocycles. The number of nitrogens with zero attached hydrogens (tertiary/aromatic N) is 3. The highest BCUT2D eigenvalue weighted by molar-refractivity contribution is 7.98. The second kappa shape index (κ2) is 11.6. The van der Waals surface area contributed by atoms with Gasteiger partial charge in [0.05, 0.1) is 20.8 Å². The van der Waals surface area contributed by atoms with Crippen LogP contribution in [0.25, 0.3) is 5.69 Å². The first-order valence-electron chi connectivity index (χ1n) is 11.4. The second-order valence-electron chi connectivity index (χ2n) is 8.19. The Balaban J connectivity index is 1.51. The minimum absolute atomic E-state index is 0.193. The number of amides is 2. The maximum atomic E-state index is 12.7. The first-order valence-corrected chi connectivity index (χ1v) is 12.4. The van der Waals surface area contributed by atoms with E-state index >= 15 is 0 Å². The van der Waals surface area contributed by atoms with Crippen molar-refractivity contribution >= 4 is 23.5 Å². The quantitative estimate of drug-likeness (QED) is 0.293. The Hall–Kier alpha value is -3.98. The van der Waals surface area contributed by atoms with Gasteiger partial charge in [0.2, 0.25) is 0 Å². The maximum Gasteiger partial charge on any atom is 0.319 e. The second-order valence-corrected chi connectivity index (χ2v) is 9.14. The smallest absolute Gasteiger partial charge is 0.319 e. The lowest BCUT2D eigenvalue weighted by molar-refractivity contribution is 0.251. The van der Waals surface area contributed by atoms with Gasteiger partial charge in [0.25, 0.3) is 0 Å². The molecule has 0 atom stereocenters. The zero-order chi connectivity index (χ0) is 25.5. The average molecular weight is 504 g/mol. The van der Waals surface area contributed by atoms with Crippen LogP contribution in [0.5, 0.6) is 11.5 Å². The van der Waals surface area contributed by atoms with Crippen molar-refractivity contribution in [2.24, 2.45) is 0 Å². The number of aromatic nitrogens is 3. The van der Waals surface area contributed by atoms with Gasteiger partial charge in [-0.3, -0.25) is 4.57 Å². The SMILES string of the molecule is COc1cc(NC(=O)NCc2nnc(SCc3ccccc3C)n2-c2ccc(C)cc2)cc(OC)c1. The number of rotatable bonds is 9. The number of hydrogen-bond donors (Lipinski definition) is 2. The third-order valence-corrected chi connectivity index (χ3v) is 6.60. The van der Waals surface area contributed by atoms with Gasteiger partial charge in [-0.15, -0.1) is 10.2 Å².